The molecular formula is C14H18ClN3O2. The average Bonchev–Trinajstić information content (AvgIpc) is 2.81. The van der Waals surface area contributed by atoms with Crippen molar-refractivity contribution in [1.82, 2.24) is 9.88 Å². The molecule has 1 aliphatic heterocycles. The molecule has 0 radical (unpaired) electrons. The number of halogens is 1. The molecule has 2 rings (SSSR count). The number of nitrogens with two attached hydrogens (primary N) is 1. The van der Waals surface area contributed by atoms with Crippen molar-refractivity contribution >= 4 is 23.4 Å². The number of amides is 2. The Morgan fingerprint density at radius 1 is 1.50 bits per heavy atom. The highest BCUT2D eigenvalue weighted by Gasteiger charge is 2.40. The second kappa shape index (κ2) is 5.40. The maximum absolute atomic E-state index is 12.5. The summed E-state index contributed by atoms with van der Waals surface area (Å²) < 4.78 is 0. The average molecular weight is 296 g/mol. The predicted octanol–water partition coefficient (Wildman–Crippen LogP) is 1.63. The van der Waals surface area contributed by atoms with Gasteiger partial charge in [-0.2, -0.15) is 0 Å². The van der Waals surface area contributed by atoms with Gasteiger partial charge in [0.05, 0.1) is 5.41 Å². The van der Waals surface area contributed by atoms with Crippen molar-refractivity contribution in [2.45, 2.75) is 26.7 Å². The summed E-state index contributed by atoms with van der Waals surface area (Å²) in [6.45, 7) is 4.62. The van der Waals surface area contributed by atoms with Crippen LogP contribution in [-0.4, -0.2) is 34.8 Å². The van der Waals surface area contributed by atoms with Gasteiger partial charge in [0.25, 0.3) is 5.91 Å². The summed E-state index contributed by atoms with van der Waals surface area (Å²) in [7, 11) is 0. The summed E-state index contributed by atoms with van der Waals surface area (Å²) in [5.74, 6) is -0.496. The van der Waals surface area contributed by atoms with E-state index < -0.39 is 5.41 Å². The summed E-state index contributed by atoms with van der Waals surface area (Å²) >= 11 is 5.93. The van der Waals surface area contributed by atoms with Crippen molar-refractivity contribution in [3.63, 3.8) is 0 Å². The molecule has 0 aromatic carbocycles. The first-order valence-corrected chi connectivity index (χ1v) is 6.99. The number of aromatic nitrogens is 1. The van der Waals surface area contributed by atoms with Gasteiger partial charge in [-0.25, -0.2) is 4.98 Å². The molecule has 0 saturated carbocycles. The van der Waals surface area contributed by atoms with Gasteiger partial charge in [0, 0.05) is 24.3 Å². The Bertz CT molecular complexity index is 561. The van der Waals surface area contributed by atoms with Crippen molar-refractivity contribution in [1.29, 1.82) is 0 Å². The van der Waals surface area contributed by atoms with Gasteiger partial charge in [0.2, 0.25) is 5.91 Å². The van der Waals surface area contributed by atoms with Crippen molar-refractivity contribution in [2.24, 2.45) is 11.1 Å². The number of nitrogens with zero attached hydrogens (tertiary/aromatic N) is 2. The Balaban J connectivity index is 2.21. The van der Waals surface area contributed by atoms with E-state index in [1.165, 1.54) is 0 Å². The van der Waals surface area contributed by atoms with Gasteiger partial charge < -0.3 is 10.6 Å². The maximum atomic E-state index is 12.5. The van der Waals surface area contributed by atoms with Crippen LogP contribution in [0.15, 0.2) is 12.1 Å². The molecule has 1 saturated heterocycles. The molecule has 1 atom stereocenters. The maximum Gasteiger partial charge on any atom is 0.254 e. The van der Waals surface area contributed by atoms with Gasteiger partial charge in [-0.15, -0.1) is 0 Å². The zero-order chi connectivity index (χ0) is 14.9. The molecule has 2 heterocycles. The first-order chi connectivity index (χ1) is 9.35. The van der Waals surface area contributed by atoms with E-state index in [0.717, 1.165) is 5.69 Å². The molecule has 1 aromatic heterocycles. The standard InChI is InChI=1S/C14H18ClN3O2/c1-3-10-6-9(7-11(15)17-10)12(19)18-5-4-14(2,8-18)13(16)20/h6-7H,3-5,8H2,1-2H3,(H2,16,20). The molecule has 1 fully saturated rings. The summed E-state index contributed by atoms with van der Waals surface area (Å²) in [5, 5.41) is 0.310. The first kappa shape index (κ1) is 14.8. The molecule has 0 aliphatic carbocycles. The lowest BCUT2D eigenvalue weighted by atomic mass is 9.89. The lowest BCUT2D eigenvalue weighted by Gasteiger charge is -2.21. The van der Waals surface area contributed by atoms with E-state index in [1.54, 1.807) is 24.0 Å². The van der Waals surface area contributed by atoms with Gasteiger partial charge in [0.15, 0.2) is 0 Å². The molecule has 1 unspecified atom stereocenters. The molecule has 2 amide bonds. The highest BCUT2D eigenvalue weighted by atomic mass is 35.5. The molecular weight excluding hydrogens is 278 g/mol. The number of carbonyl (C=O) groups is 2. The molecule has 6 heteroatoms. The topological polar surface area (TPSA) is 76.3 Å². The van der Waals surface area contributed by atoms with Crippen LogP contribution >= 0.6 is 11.6 Å². The molecule has 2 N–H and O–H groups in total. The van der Waals surface area contributed by atoms with Crippen LogP contribution in [0.4, 0.5) is 0 Å². The van der Waals surface area contributed by atoms with Crippen LogP contribution in [0.2, 0.25) is 5.15 Å². The molecule has 0 spiro atoms. The van der Waals surface area contributed by atoms with Crippen LogP contribution in [-0.2, 0) is 11.2 Å². The largest absolute Gasteiger partial charge is 0.369 e. The molecule has 20 heavy (non-hydrogen) atoms. The van der Waals surface area contributed by atoms with E-state index in [-0.39, 0.29) is 11.8 Å². The molecule has 108 valence electrons. The van der Waals surface area contributed by atoms with Crippen molar-refractivity contribution in [3.05, 3.63) is 28.5 Å². The monoisotopic (exact) mass is 295 g/mol. The minimum absolute atomic E-state index is 0.131. The molecule has 1 aromatic rings. The number of primary amides is 1. The fourth-order valence-electron chi connectivity index (χ4n) is 2.37. The van der Waals surface area contributed by atoms with Crippen LogP contribution in [0.25, 0.3) is 0 Å². The SMILES string of the molecule is CCc1cc(C(=O)N2CCC(C)(C(N)=O)C2)cc(Cl)n1. The Morgan fingerprint density at radius 2 is 2.20 bits per heavy atom. The zero-order valence-corrected chi connectivity index (χ0v) is 12.4. The van der Waals surface area contributed by atoms with Gasteiger partial charge >= 0.3 is 0 Å². The molecule has 5 nitrogen and oxygen atoms in total. The molecule has 0 bridgehead atoms. The van der Waals surface area contributed by atoms with Crippen molar-refractivity contribution in [3.8, 4) is 0 Å². The third kappa shape index (κ3) is 2.77. The van der Waals surface area contributed by atoms with E-state index in [9.17, 15) is 9.59 Å². The first-order valence-electron chi connectivity index (χ1n) is 6.61. The summed E-state index contributed by atoms with van der Waals surface area (Å²) in [6, 6.07) is 3.30. The second-order valence-electron chi connectivity index (χ2n) is 5.43. The van der Waals surface area contributed by atoms with E-state index >= 15 is 0 Å². The third-order valence-electron chi connectivity index (χ3n) is 3.81. The van der Waals surface area contributed by atoms with Gasteiger partial charge in [-0.3, -0.25) is 9.59 Å². The fraction of sp³-hybridized carbons (Fsp3) is 0.500. The van der Waals surface area contributed by atoms with Crippen LogP contribution in [0.1, 0.15) is 36.3 Å². The summed E-state index contributed by atoms with van der Waals surface area (Å²) in [5.41, 5.74) is 6.04. The van der Waals surface area contributed by atoms with Crippen LogP contribution in [0, 0.1) is 5.41 Å². The highest BCUT2D eigenvalue weighted by Crippen LogP contribution is 2.30. The Labute approximate surface area is 123 Å². The number of hydrogen-bond donors (Lipinski definition) is 1. The van der Waals surface area contributed by atoms with E-state index in [0.29, 0.717) is 36.6 Å². The number of likely N-dealkylation sites (tertiary alicyclic amines) is 1. The van der Waals surface area contributed by atoms with E-state index in [1.807, 2.05) is 6.92 Å². The Kier molecular flexibility index (Phi) is 3.99. The van der Waals surface area contributed by atoms with E-state index in [2.05, 4.69) is 4.98 Å². The third-order valence-corrected chi connectivity index (χ3v) is 4.01. The summed E-state index contributed by atoms with van der Waals surface area (Å²) in [4.78, 5) is 29.7. The predicted molar refractivity (Wildman–Crippen MR) is 76.4 cm³/mol. The second-order valence-corrected chi connectivity index (χ2v) is 5.81. The van der Waals surface area contributed by atoms with Crippen LogP contribution in [0.5, 0.6) is 0 Å². The lowest BCUT2D eigenvalue weighted by Crippen LogP contribution is -2.38. The number of rotatable bonds is 3. The van der Waals surface area contributed by atoms with Crippen molar-refractivity contribution in [2.75, 3.05) is 13.1 Å². The van der Waals surface area contributed by atoms with E-state index in [4.69, 9.17) is 17.3 Å². The summed E-state index contributed by atoms with van der Waals surface area (Å²) in [6.07, 6.45) is 1.30. The number of aryl methyl sites for hydroxylation is 1. The van der Waals surface area contributed by atoms with Crippen molar-refractivity contribution < 1.29 is 9.59 Å². The zero-order valence-electron chi connectivity index (χ0n) is 11.6. The normalized spacial score (nSPS) is 22.1. The number of hydrogen-bond acceptors (Lipinski definition) is 3. The van der Waals surface area contributed by atoms with Gasteiger partial charge in [-0.05, 0) is 31.9 Å². The van der Waals surface area contributed by atoms with Crippen LogP contribution in [0.3, 0.4) is 0 Å². The smallest absolute Gasteiger partial charge is 0.254 e. The quantitative estimate of drug-likeness (QED) is 0.861. The number of carbonyl (C=O) groups excluding carboxylic acids is 2. The minimum Gasteiger partial charge on any atom is -0.369 e. The Morgan fingerprint density at radius 3 is 2.75 bits per heavy atom. The van der Waals surface area contributed by atoms with Gasteiger partial charge in [-0.1, -0.05) is 18.5 Å². The lowest BCUT2D eigenvalue weighted by molar-refractivity contribution is -0.126. The fourth-order valence-corrected chi connectivity index (χ4v) is 2.60. The number of pyridine rings is 1. The van der Waals surface area contributed by atoms with Crippen LogP contribution < -0.4 is 5.73 Å². The van der Waals surface area contributed by atoms with Gasteiger partial charge in [0.1, 0.15) is 5.15 Å². The minimum atomic E-state index is -0.639. The molecule has 1 aliphatic rings. The highest BCUT2D eigenvalue weighted by molar-refractivity contribution is 6.29. The Hall–Kier alpha value is -1.62.